The van der Waals surface area contributed by atoms with E-state index in [-0.39, 0.29) is 11.6 Å². The third-order valence-electron chi connectivity index (χ3n) is 3.61. The molecule has 0 aliphatic carbocycles. The minimum absolute atomic E-state index is 0.157. The van der Waals surface area contributed by atoms with Gasteiger partial charge in [-0.3, -0.25) is 0 Å². The molecule has 0 unspecified atom stereocenters. The minimum atomic E-state index is -0.307. The Morgan fingerprint density at radius 3 is 2.89 bits per heavy atom. The number of phenols is 1. The summed E-state index contributed by atoms with van der Waals surface area (Å²) in [6.07, 6.45) is 2.18. The summed E-state index contributed by atoms with van der Waals surface area (Å²) >= 11 is 0. The lowest BCUT2D eigenvalue weighted by atomic mass is 10.0. The van der Waals surface area contributed by atoms with Gasteiger partial charge in [0.25, 0.3) is 0 Å². The fourth-order valence-electron chi connectivity index (χ4n) is 2.66. The molecule has 2 nitrogen and oxygen atoms in total. The van der Waals surface area contributed by atoms with Crippen molar-refractivity contribution in [1.82, 2.24) is 0 Å². The molecule has 2 aromatic carbocycles. The van der Waals surface area contributed by atoms with E-state index in [9.17, 15) is 9.50 Å². The van der Waals surface area contributed by atoms with Crippen LogP contribution in [-0.4, -0.2) is 11.7 Å². The zero-order valence-corrected chi connectivity index (χ0v) is 10.6. The number of benzene rings is 2. The van der Waals surface area contributed by atoms with E-state index >= 15 is 0 Å². The summed E-state index contributed by atoms with van der Waals surface area (Å²) in [6.45, 7) is 1.48. The van der Waals surface area contributed by atoms with Gasteiger partial charge < -0.3 is 10.0 Å². The van der Waals surface area contributed by atoms with Crippen LogP contribution in [0.1, 0.15) is 17.5 Å². The summed E-state index contributed by atoms with van der Waals surface area (Å²) in [5.41, 5.74) is 3.15. The molecule has 0 amide bonds. The number of anilines is 1. The van der Waals surface area contributed by atoms with Crippen molar-refractivity contribution in [3.8, 4) is 5.75 Å². The molecule has 0 aromatic heterocycles. The highest BCUT2D eigenvalue weighted by molar-refractivity contribution is 5.56. The molecule has 1 heterocycles. The average molecular weight is 257 g/mol. The first-order valence-electron chi connectivity index (χ1n) is 6.54. The number of para-hydroxylation sites is 1. The van der Waals surface area contributed by atoms with Gasteiger partial charge in [-0.2, -0.15) is 0 Å². The minimum Gasteiger partial charge on any atom is -0.508 e. The number of aromatic hydroxyl groups is 1. The molecular weight excluding hydrogens is 241 g/mol. The van der Waals surface area contributed by atoms with Crippen molar-refractivity contribution >= 4 is 5.69 Å². The maximum Gasteiger partial charge on any atom is 0.123 e. The molecule has 3 rings (SSSR count). The van der Waals surface area contributed by atoms with E-state index in [4.69, 9.17) is 0 Å². The third kappa shape index (κ3) is 2.41. The smallest absolute Gasteiger partial charge is 0.123 e. The van der Waals surface area contributed by atoms with E-state index < -0.39 is 0 Å². The molecule has 3 heteroatoms. The summed E-state index contributed by atoms with van der Waals surface area (Å²) in [5, 5.41) is 9.82. The first-order chi connectivity index (χ1) is 9.24. The topological polar surface area (TPSA) is 23.5 Å². The van der Waals surface area contributed by atoms with Gasteiger partial charge in [0.15, 0.2) is 0 Å². The molecule has 0 atom stereocenters. The van der Waals surface area contributed by atoms with Crippen LogP contribution in [0.15, 0.2) is 42.5 Å². The van der Waals surface area contributed by atoms with Crippen LogP contribution >= 0.6 is 0 Å². The SMILES string of the molecule is Oc1ccc(F)cc1CN1CCCc2ccccc21. The molecule has 98 valence electrons. The van der Waals surface area contributed by atoms with Crippen LogP contribution in [0.2, 0.25) is 0 Å². The Bertz CT molecular complexity index is 597. The Morgan fingerprint density at radius 1 is 1.16 bits per heavy atom. The summed E-state index contributed by atoms with van der Waals surface area (Å²) in [7, 11) is 0. The Labute approximate surface area is 112 Å². The van der Waals surface area contributed by atoms with Crippen LogP contribution in [0.4, 0.5) is 10.1 Å². The fourth-order valence-corrected chi connectivity index (χ4v) is 2.66. The van der Waals surface area contributed by atoms with Gasteiger partial charge >= 0.3 is 0 Å². The van der Waals surface area contributed by atoms with Gasteiger partial charge in [-0.15, -0.1) is 0 Å². The van der Waals surface area contributed by atoms with Crippen molar-refractivity contribution < 1.29 is 9.50 Å². The summed E-state index contributed by atoms with van der Waals surface area (Å²) < 4.78 is 13.3. The number of phenolic OH excluding ortho intramolecular Hbond substituents is 1. The Morgan fingerprint density at radius 2 is 2.00 bits per heavy atom. The van der Waals surface area contributed by atoms with Crippen LogP contribution in [0, 0.1) is 5.82 Å². The van der Waals surface area contributed by atoms with Gasteiger partial charge in [0.1, 0.15) is 11.6 Å². The van der Waals surface area contributed by atoms with Crippen molar-refractivity contribution in [3.05, 3.63) is 59.4 Å². The number of nitrogens with zero attached hydrogens (tertiary/aromatic N) is 1. The molecule has 0 spiro atoms. The molecular formula is C16H16FNO. The van der Waals surface area contributed by atoms with E-state index in [2.05, 4.69) is 17.0 Å². The number of hydrogen-bond donors (Lipinski definition) is 1. The van der Waals surface area contributed by atoms with Crippen LogP contribution in [0.5, 0.6) is 5.75 Å². The fraction of sp³-hybridized carbons (Fsp3) is 0.250. The van der Waals surface area contributed by atoms with E-state index in [0.717, 1.165) is 19.4 Å². The zero-order chi connectivity index (χ0) is 13.2. The predicted molar refractivity (Wildman–Crippen MR) is 73.9 cm³/mol. The second-order valence-electron chi connectivity index (χ2n) is 4.93. The van der Waals surface area contributed by atoms with Crippen molar-refractivity contribution in [2.45, 2.75) is 19.4 Å². The number of aryl methyl sites for hydroxylation is 1. The number of hydrogen-bond acceptors (Lipinski definition) is 2. The lowest BCUT2D eigenvalue weighted by molar-refractivity contribution is 0.464. The number of rotatable bonds is 2. The van der Waals surface area contributed by atoms with Crippen molar-refractivity contribution in [2.75, 3.05) is 11.4 Å². The monoisotopic (exact) mass is 257 g/mol. The second kappa shape index (κ2) is 4.92. The van der Waals surface area contributed by atoms with Crippen LogP contribution in [0.3, 0.4) is 0 Å². The Hall–Kier alpha value is -2.03. The predicted octanol–water partition coefficient (Wildman–Crippen LogP) is 3.48. The Kier molecular flexibility index (Phi) is 3.11. The molecule has 2 aromatic rings. The van der Waals surface area contributed by atoms with Crippen LogP contribution < -0.4 is 4.90 Å². The number of fused-ring (bicyclic) bond motifs is 1. The molecule has 0 bridgehead atoms. The van der Waals surface area contributed by atoms with Gasteiger partial charge in [0.05, 0.1) is 0 Å². The normalized spacial score (nSPS) is 14.3. The molecule has 1 N–H and O–H groups in total. The molecule has 19 heavy (non-hydrogen) atoms. The molecule has 0 fully saturated rings. The van der Waals surface area contributed by atoms with Crippen molar-refractivity contribution in [1.29, 1.82) is 0 Å². The van der Waals surface area contributed by atoms with Crippen molar-refractivity contribution in [3.63, 3.8) is 0 Å². The van der Waals surface area contributed by atoms with Gasteiger partial charge in [-0.25, -0.2) is 4.39 Å². The van der Waals surface area contributed by atoms with Gasteiger partial charge in [0.2, 0.25) is 0 Å². The van der Waals surface area contributed by atoms with E-state index in [0.29, 0.717) is 12.1 Å². The molecule has 1 aliphatic rings. The third-order valence-corrected chi connectivity index (χ3v) is 3.61. The summed E-state index contributed by atoms with van der Waals surface area (Å²) in [6, 6.07) is 12.4. The lowest BCUT2D eigenvalue weighted by Crippen LogP contribution is -2.28. The average Bonchev–Trinajstić information content (AvgIpc) is 2.43. The lowest BCUT2D eigenvalue weighted by Gasteiger charge is -2.31. The Balaban J connectivity index is 1.90. The summed E-state index contributed by atoms with van der Waals surface area (Å²) in [5.74, 6) is -0.150. The van der Waals surface area contributed by atoms with Gasteiger partial charge in [-0.05, 0) is 42.7 Å². The highest BCUT2D eigenvalue weighted by Gasteiger charge is 2.17. The van der Waals surface area contributed by atoms with E-state index in [1.54, 1.807) is 0 Å². The van der Waals surface area contributed by atoms with Crippen molar-refractivity contribution in [2.24, 2.45) is 0 Å². The molecule has 0 radical (unpaired) electrons. The van der Waals surface area contributed by atoms with Crippen LogP contribution in [0.25, 0.3) is 0 Å². The molecule has 0 saturated heterocycles. The largest absolute Gasteiger partial charge is 0.508 e. The maximum atomic E-state index is 13.3. The maximum absolute atomic E-state index is 13.3. The van der Waals surface area contributed by atoms with Gasteiger partial charge in [-0.1, -0.05) is 18.2 Å². The van der Waals surface area contributed by atoms with Crippen LogP contribution in [-0.2, 0) is 13.0 Å². The first kappa shape index (κ1) is 12.0. The van der Waals surface area contributed by atoms with E-state index in [1.165, 1.54) is 29.4 Å². The highest BCUT2D eigenvalue weighted by Crippen LogP contribution is 2.29. The molecule has 0 saturated carbocycles. The van der Waals surface area contributed by atoms with Gasteiger partial charge in [0, 0.05) is 24.3 Å². The highest BCUT2D eigenvalue weighted by atomic mass is 19.1. The summed E-state index contributed by atoms with van der Waals surface area (Å²) in [4.78, 5) is 2.20. The quantitative estimate of drug-likeness (QED) is 0.890. The molecule has 1 aliphatic heterocycles. The zero-order valence-electron chi connectivity index (χ0n) is 10.6. The first-order valence-corrected chi connectivity index (χ1v) is 6.54. The standard InChI is InChI=1S/C16H16FNO/c17-14-7-8-16(19)13(10-14)11-18-9-3-5-12-4-1-2-6-15(12)18/h1-2,4,6-8,10,19H,3,5,9,11H2. The number of halogens is 1. The van der Waals surface area contributed by atoms with E-state index in [1.807, 2.05) is 12.1 Å². The second-order valence-corrected chi connectivity index (χ2v) is 4.93.